The second-order valence-corrected chi connectivity index (χ2v) is 9.29. The van der Waals surface area contributed by atoms with E-state index in [0.29, 0.717) is 0 Å². The van der Waals surface area contributed by atoms with Crippen LogP contribution in [0.15, 0.2) is 103 Å². The molecule has 4 nitrogen and oxygen atoms in total. The van der Waals surface area contributed by atoms with Crippen LogP contribution < -0.4 is 10.1 Å². The quantitative estimate of drug-likeness (QED) is 0.263. The fourth-order valence-electron chi connectivity index (χ4n) is 4.84. The van der Waals surface area contributed by atoms with Gasteiger partial charge in [-0.3, -0.25) is 4.79 Å². The molecule has 0 radical (unpaired) electrons. The van der Waals surface area contributed by atoms with Gasteiger partial charge < -0.3 is 14.8 Å². The summed E-state index contributed by atoms with van der Waals surface area (Å²) in [6.07, 6.45) is 7.02. The Morgan fingerprint density at radius 3 is 2.67 bits per heavy atom. The lowest BCUT2D eigenvalue weighted by atomic mass is 9.84. The number of hydrogen-bond acceptors (Lipinski definition) is 4. The largest absolute Gasteiger partial charge is 0.489 e. The molecule has 0 bridgehead atoms. The lowest BCUT2D eigenvalue weighted by molar-refractivity contribution is -0.139. The topological polar surface area (TPSA) is 47.6 Å². The Kier molecular flexibility index (Phi) is 8.40. The number of carbonyl (C=O) groups excluding carboxylic acids is 1. The van der Waals surface area contributed by atoms with Crippen molar-refractivity contribution in [2.75, 3.05) is 13.7 Å². The van der Waals surface area contributed by atoms with Crippen molar-refractivity contribution in [1.82, 2.24) is 5.32 Å². The Labute approximate surface area is 214 Å². The fraction of sp³-hybridized carbons (Fsp3) is 0.281. The van der Waals surface area contributed by atoms with Crippen LogP contribution in [0.2, 0.25) is 0 Å². The molecule has 3 atom stereocenters. The first-order chi connectivity index (χ1) is 17.5. The van der Waals surface area contributed by atoms with Gasteiger partial charge in [-0.1, -0.05) is 85.5 Å². The van der Waals surface area contributed by atoms with Gasteiger partial charge in [-0.05, 0) is 53.8 Å². The van der Waals surface area contributed by atoms with Gasteiger partial charge in [-0.25, -0.2) is 0 Å². The van der Waals surface area contributed by atoms with Gasteiger partial charge in [0.05, 0.1) is 13.5 Å². The van der Waals surface area contributed by atoms with E-state index in [2.05, 4.69) is 67.4 Å². The zero-order chi connectivity index (χ0) is 25.5. The molecule has 4 heteroatoms. The number of para-hydroxylation sites is 1. The normalized spacial score (nSPS) is 18.5. The van der Waals surface area contributed by atoms with Crippen LogP contribution in [0.1, 0.15) is 49.8 Å². The van der Waals surface area contributed by atoms with Gasteiger partial charge in [0.1, 0.15) is 11.9 Å². The first kappa shape index (κ1) is 25.5. The van der Waals surface area contributed by atoms with E-state index in [1.54, 1.807) is 0 Å². The summed E-state index contributed by atoms with van der Waals surface area (Å²) in [6, 6.07) is 23.4. The van der Waals surface area contributed by atoms with Gasteiger partial charge in [-0.15, -0.1) is 0 Å². The molecule has 0 aromatic heterocycles. The third kappa shape index (κ3) is 5.95. The molecule has 0 saturated carbocycles. The standard InChI is InChI=1S/C32H35NO3/c1-5-24(19-32(34)35-4)18-17-22(2)30-20-26(36-31-16-9-8-14-29(30)31)21-33-23(3)27-15-10-12-25-11-6-7-13-28(25)27/h5-18,23,26,30,33H,2,19-21H2,1,3-4H3/b18-17-,24-5+/t23-,26-,30+/m1/s1. The highest BCUT2D eigenvalue weighted by Crippen LogP contribution is 2.40. The van der Waals surface area contributed by atoms with Crippen molar-refractivity contribution in [3.8, 4) is 5.75 Å². The Hall–Kier alpha value is -3.63. The molecule has 3 aromatic rings. The third-order valence-corrected chi connectivity index (χ3v) is 6.93. The highest BCUT2D eigenvalue weighted by molar-refractivity contribution is 5.86. The molecule has 186 valence electrons. The smallest absolute Gasteiger partial charge is 0.309 e. The number of fused-ring (bicyclic) bond motifs is 2. The van der Waals surface area contributed by atoms with Crippen molar-refractivity contribution in [2.24, 2.45) is 0 Å². The molecule has 0 spiro atoms. The summed E-state index contributed by atoms with van der Waals surface area (Å²) in [7, 11) is 1.41. The molecular formula is C32H35NO3. The minimum atomic E-state index is -0.249. The minimum Gasteiger partial charge on any atom is -0.489 e. The predicted octanol–water partition coefficient (Wildman–Crippen LogP) is 7.05. The molecule has 4 rings (SSSR count). The minimum absolute atomic E-state index is 0.0173. The second-order valence-electron chi connectivity index (χ2n) is 9.29. The van der Waals surface area contributed by atoms with Gasteiger partial charge in [0, 0.05) is 24.1 Å². The highest BCUT2D eigenvalue weighted by atomic mass is 16.5. The van der Waals surface area contributed by atoms with Crippen LogP contribution in [0, 0.1) is 0 Å². The van der Waals surface area contributed by atoms with Crippen LogP contribution >= 0.6 is 0 Å². The van der Waals surface area contributed by atoms with Crippen molar-refractivity contribution in [3.05, 3.63) is 114 Å². The first-order valence-corrected chi connectivity index (χ1v) is 12.6. The van der Waals surface area contributed by atoms with Crippen molar-refractivity contribution in [2.45, 2.75) is 44.8 Å². The summed E-state index contributed by atoms with van der Waals surface area (Å²) >= 11 is 0. The predicted molar refractivity (Wildman–Crippen MR) is 147 cm³/mol. The van der Waals surface area contributed by atoms with Crippen LogP contribution in [0.3, 0.4) is 0 Å². The van der Waals surface area contributed by atoms with E-state index < -0.39 is 0 Å². The number of carbonyl (C=O) groups is 1. The number of esters is 1. The number of allylic oxidation sites excluding steroid dienone is 4. The SMILES string of the molecule is C=C(/C=C\C(=C/C)CC(=O)OC)[C@@H]1C[C@H](CN[C@H](C)c2cccc3ccccc23)Oc2ccccc21. The zero-order valence-electron chi connectivity index (χ0n) is 21.4. The number of nitrogens with one attached hydrogen (secondary N) is 1. The van der Waals surface area contributed by atoms with E-state index in [1.807, 2.05) is 43.4 Å². The summed E-state index contributed by atoms with van der Waals surface area (Å²) in [5.74, 6) is 0.803. The molecular weight excluding hydrogens is 446 g/mol. The van der Waals surface area contributed by atoms with Crippen LogP contribution in [0.5, 0.6) is 5.75 Å². The van der Waals surface area contributed by atoms with Crippen molar-refractivity contribution in [1.29, 1.82) is 0 Å². The molecule has 1 aliphatic rings. The van der Waals surface area contributed by atoms with Crippen LogP contribution in [-0.2, 0) is 9.53 Å². The highest BCUT2D eigenvalue weighted by Gasteiger charge is 2.29. The Bertz CT molecular complexity index is 1280. The van der Waals surface area contributed by atoms with Gasteiger partial charge in [0.25, 0.3) is 0 Å². The lowest BCUT2D eigenvalue weighted by Crippen LogP contribution is -2.37. The summed E-state index contributed by atoms with van der Waals surface area (Å²) in [5.41, 5.74) is 4.35. The van der Waals surface area contributed by atoms with Gasteiger partial charge >= 0.3 is 5.97 Å². The summed E-state index contributed by atoms with van der Waals surface area (Å²) < 4.78 is 11.2. The van der Waals surface area contributed by atoms with Gasteiger partial charge in [0.15, 0.2) is 0 Å². The summed E-state index contributed by atoms with van der Waals surface area (Å²) in [6.45, 7) is 9.25. The molecule has 0 aliphatic carbocycles. The molecule has 0 unspecified atom stereocenters. The molecule has 3 aromatic carbocycles. The van der Waals surface area contributed by atoms with Crippen molar-refractivity contribution >= 4 is 16.7 Å². The summed E-state index contributed by atoms with van der Waals surface area (Å²) in [5, 5.41) is 6.23. The van der Waals surface area contributed by atoms with Gasteiger partial charge in [0.2, 0.25) is 0 Å². The molecule has 36 heavy (non-hydrogen) atoms. The second kappa shape index (κ2) is 11.9. The van der Waals surface area contributed by atoms with Crippen LogP contribution in [0.4, 0.5) is 0 Å². The van der Waals surface area contributed by atoms with E-state index in [4.69, 9.17) is 9.47 Å². The molecule has 0 saturated heterocycles. The average Bonchev–Trinajstić information content (AvgIpc) is 2.92. The van der Waals surface area contributed by atoms with Gasteiger partial charge in [-0.2, -0.15) is 0 Å². The lowest BCUT2D eigenvalue weighted by Gasteiger charge is -2.33. The number of ether oxygens (including phenoxy) is 2. The first-order valence-electron chi connectivity index (χ1n) is 12.6. The van der Waals surface area contributed by atoms with Crippen LogP contribution in [0.25, 0.3) is 10.8 Å². The monoisotopic (exact) mass is 481 g/mol. The van der Waals surface area contributed by atoms with E-state index in [1.165, 1.54) is 23.4 Å². The maximum Gasteiger partial charge on any atom is 0.309 e. The number of hydrogen-bond donors (Lipinski definition) is 1. The van der Waals surface area contributed by atoms with Crippen molar-refractivity contribution < 1.29 is 14.3 Å². The molecule has 1 heterocycles. The number of methoxy groups -OCH3 is 1. The Morgan fingerprint density at radius 1 is 1.11 bits per heavy atom. The number of rotatable bonds is 9. The maximum absolute atomic E-state index is 11.7. The molecule has 1 N–H and O–H groups in total. The molecule has 0 fully saturated rings. The van der Waals surface area contributed by atoms with Crippen molar-refractivity contribution in [3.63, 3.8) is 0 Å². The zero-order valence-corrected chi connectivity index (χ0v) is 21.4. The molecule has 0 amide bonds. The van der Waals surface area contributed by atoms with E-state index in [-0.39, 0.29) is 30.5 Å². The molecule has 1 aliphatic heterocycles. The van der Waals surface area contributed by atoms with E-state index >= 15 is 0 Å². The van der Waals surface area contributed by atoms with E-state index in [9.17, 15) is 4.79 Å². The Morgan fingerprint density at radius 2 is 1.86 bits per heavy atom. The Balaban J connectivity index is 1.47. The fourth-order valence-corrected chi connectivity index (χ4v) is 4.84. The third-order valence-electron chi connectivity index (χ3n) is 6.93. The number of benzene rings is 3. The van der Waals surface area contributed by atoms with Crippen LogP contribution in [-0.4, -0.2) is 25.7 Å². The maximum atomic E-state index is 11.7. The summed E-state index contributed by atoms with van der Waals surface area (Å²) in [4.78, 5) is 11.7. The average molecular weight is 482 g/mol. The van der Waals surface area contributed by atoms with E-state index in [0.717, 1.165) is 35.4 Å².